The zero-order valence-electron chi connectivity index (χ0n) is 13.5. The number of hydrogen-bond donors (Lipinski definition) is 1. The lowest BCUT2D eigenvalue weighted by atomic mass is 10.2. The van der Waals surface area contributed by atoms with Crippen molar-refractivity contribution in [1.82, 2.24) is 14.9 Å². The lowest BCUT2D eigenvalue weighted by Crippen LogP contribution is -2.46. The van der Waals surface area contributed by atoms with Gasteiger partial charge in [-0.25, -0.2) is 9.97 Å². The summed E-state index contributed by atoms with van der Waals surface area (Å²) >= 11 is 0. The summed E-state index contributed by atoms with van der Waals surface area (Å²) in [6, 6.07) is 0.757. The zero-order chi connectivity index (χ0) is 15.6. The molecule has 1 aliphatic rings. The number of hydrogen-bond acceptors (Lipinski definition) is 5. The average molecular weight is 291 g/mol. The summed E-state index contributed by atoms with van der Waals surface area (Å²) in [7, 11) is 3.76. The van der Waals surface area contributed by atoms with Crippen molar-refractivity contribution in [3.63, 3.8) is 0 Å². The first kappa shape index (κ1) is 15.7. The molecule has 0 aliphatic carbocycles. The Morgan fingerprint density at radius 2 is 1.81 bits per heavy atom. The van der Waals surface area contributed by atoms with Gasteiger partial charge in [-0.2, -0.15) is 0 Å². The van der Waals surface area contributed by atoms with Crippen LogP contribution in [0.2, 0.25) is 0 Å². The van der Waals surface area contributed by atoms with Gasteiger partial charge >= 0.3 is 0 Å². The third-order valence-corrected chi connectivity index (χ3v) is 4.15. The molecule has 2 heterocycles. The van der Waals surface area contributed by atoms with Crippen LogP contribution in [0.4, 0.5) is 11.6 Å². The van der Waals surface area contributed by atoms with Crippen LogP contribution in [0.3, 0.4) is 0 Å². The van der Waals surface area contributed by atoms with Gasteiger partial charge in [-0.05, 0) is 33.6 Å². The molecule has 21 heavy (non-hydrogen) atoms. The van der Waals surface area contributed by atoms with Crippen LogP contribution in [-0.2, 0) is 4.79 Å². The van der Waals surface area contributed by atoms with E-state index in [0.717, 1.165) is 12.8 Å². The van der Waals surface area contributed by atoms with E-state index in [2.05, 4.69) is 34.0 Å². The van der Waals surface area contributed by atoms with Gasteiger partial charge in [0, 0.05) is 26.2 Å². The van der Waals surface area contributed by atoms with Crippen LogP contribution < -0.4 is 10.2 Å². The molecule has 6 nitrogen and oxygen atoms in total. The summed E-state index contributed by atoms with van der Waals surface area (Å²) in [4.78, 5) is 24.9. The lowest BCUT2D eigenvalue weighted by molar-refractivity contribution is -0.121. The minimum atomic E-state index is -0.147. The predicted molar refractivity (Wildman–Crippen MR) is 84.4 cm³/mol. The molecule has 0 radical (unpaired) electrons. The van der Waals surface area contributed by atoms with Crippen molar-refractivity contribution in [3.8, 4) is 0 Å². The fraction of sp³-hybridized carbons (Fsp3) is 0.667. The predicted octanol–water partition coefficient (Wildman–Crippen LogP) is 1.74. The number of amides is 1. The summed E-state index contributed by atoms with van der Waals surface area (Å²) < 4.78 is 0. The third kappa shape index (κ3) is 3.50. The van der Waals surface area contributed by atoms with Crippen LogP contribution in [0.5, 0.6) is 0 Å². The van der Waals surface area contributed by atoms with Gasteiger partial charge in [0.1, 0.15) is 0 Å². The van der Waals surface area contributed by atoms with E-state index in [4.69, 9.17) is 0 Å². The first-order valence-corrected chi connectivity index (χ1v) is 7.47. The molecule has 1 N–H and O–H groups in total. The van der Waals surface area contributed by atoms with Crippen molar-refractivity contribution in [2.75, 3.05) is 24.3 Å². The molecule has 0 aromatic carbocycles. The molecule has 116 valence electrons. The molecule has 1 fully saturated rings. The maximum absolute atomic E-state index is 12.4. The Hall–Kier alpha value is -1.69. The van der Waals surface area contributed by atoms with Crippen molar-refractivity contribution in [2.24, 2.45) is 0 Å². The van der Waals surface area contributed by atoms with Gasteiger partial charge in [0.2, 0.25) is 11.9 Å². The molecule has 1 aromatic heterocycles. The molecule has 1 saturated heterocycles. The van der Waals surface area contributed by atoms with Crippen LogP contribution >= 0.6 is 0 Å². The van der Waals surface area contributed by atoms with Crippen LogP contribution in [0, 0.1) is 0 Å². The van der Waals surface area contributed by atoms with E-state index in [-0.39, 0.29) is 11.9 Å². The van der Waals surface area contributed by atoms with Crippen molar-refractivity contribution >= 4 is 17.5 Å². The summed E-state index contributed by atoms with van der Waals surface area (Å²) in [5, 5.41) is 2.90. The van der Waals surface area contributed by atoms with Crippen LogP contribution in [-0.4, -0.2) is 53.0 Å². The molecule has 0 bridgehead atoms. The molecule has 6 heteroatoms. The first-order valence-electron chi connectivity index (χ1n) is 7.47. The fourth-order valence-corrected chi connectivity index (χ4v) is 2.98. The fourth-order valence-electron chi connectivity index (χ4n) is 2.98. The van der Waals surface area contributed by atoms with Crippen molar-refractivity contribution in [2.45, 2.75) is 51.7 Å². The Bertz CT molecular complexity index is 477. The summed E-state index contributed by atoms with van der Waals surface area (Å²) in [5.41, 5.74) is 0.636. The quantitative estimate of drug-likeness (QED) is 0.915. The first-order chi connectivity index (χ1) is 9.90. The van der Waals surface area contributed by atoms with E-state index >= 15 is 0 Å². The zero-order valence-corrected chi connectivity index (χ0v) is 13.5. The monoisotopic (exact) mass is 291 g/mol. The molecule has 2 rings (SSSR count). The van der Waals surface area contributed by atoms with Gasteiger partial charge in [0.05, 0.1) is 24.1 Å². The molecular weight excluding hydrogens is 266 g/mol. The van der Waals surface area contributed by atoms with Gasteiger partial charge in [0.25, 0.3) is 0 Å². The number of likely N-dealkylation sites (tertiary alicyclic amines) is 1. The highest BCUT2D eigenvalue weighted by atomic mass is 16.2. The molecule has 1 aliphatic heterocycles. The number of aromatic nitrogens is 2. The lowest BCUT2D eigenvalue weighted by Gasteiger charge is -2.31. The molecule has 0 saturated carbocycles. The van der Waals surface area contributed by atoms with E-state index in [0.29, 0.717) is 23.7 Å². The SMILES string of the molecule is C[C@@H]1CC[C@H](C)N1[C@H](C)C(=O)Nc1cnc(N(C)C)nc1. The molecule has 0 unspecified atom stereocenters. The highest BCUT2D eigenvalue weighted by molar-refractivity contribution is 5.94. The molecular formula is C15H25N5O. The van der Waals surface area contributed by atoms with E-state index in [9.17, 15) is 4.79 Å². The highest BCUT2D eigenvalue weighted by Crippen LogP contribution is 2.26. The molecule has 1 amide bonds. The van der Waals surface area contributed by atoms with Gasteiger partial charge in [-0.15, -0.1) is 0 Å². The van der Waals surface area contributed by atoms with E-state index < -0.39 is 0 Å². The second-order valence-electron chi connectivity index (χ2n) is 6.05. The van der Waals surface area contributed by atoms with Crippen LogP contribution in [0.25, 0.3) is 0 Å². The van der Waals surface area contributed by atoms with E-state index in [1.165, 1.54) is 0 Å². The largest absolute Gasteiger partial charge is 0.347 e. The normalized spacial score (nSPS) is 23.9. The Labute approximate surface area is 126 Å². The molecule has 0 spiro atoms. The van der Waals surface area contributed by atoms with E-state index in [1.54, 1.807) is 12.4 Å². The number of nitrogens with zero attached hydrogens (tertiary/aromatic N) is 4. The minimum Gasteiger partial charge on any atom is -0.347 e. The van der Waals surface area contributed by atoms with Crippen LogP contribution in [0.1, 0.15) is 33.6 Å². The third-order valence-electron chi connectivity index (χ3n) is 4.15. The van der Waals surface area contributed by atoms with Crippen molar-refractivity contribution < 1.29 is 4.79 Å². The van der Waals surface area contributed by atoms with Gasteiger partial charge < -0.3 is 10.2 Å². The number of anilines is 2. The average Bonchev–Trinajstić information content (AvgIpc) is 2.78. The second-order valence-corrected chi connectivity index (χ2v) is 6.05. The molecule has 1 aromatic rings. The Kier molecular flexibility index (Phi) is 4.77. The minimum absolute atomic E-state index is 0.00296. The topological polar surface area (TPSA) is 61.4 Å². The summed E-state index contributed by atoms with van der Waals surface area (Å²) in [5.74, 6) is 0.625. The van der Waals surface area contributed by atoms with Crippen LogP contribution in [0.15, 0.2) is 12.4 Å². The smallest absolute Gasteiger partial charge is 0.241 e. The number of carbonyl (C=O) groups excluding carboxylic acids is 1. The number of nitrogens with one attached hydrogen (secondary N) is 1. The Morgan fingerprint density at radius 3 is 2.29 bits per heavy atom. The Balaban J connectivity index is 2.00. The Morgan fingerprint density at radius 1 is 1.29 bits per heavy atom. The van der Waals surface area contributed by atoms with Crippen molar-refractivity contribution in [3.05, 3.63) is 12.4 Å². The van der Waals surface area contributed by atoms with Gasteiger partial charge in [0.15, 0.2) is 0 Å². The summed E-state index contributed by atoms with van der Waals surface area (Å²) in [6.45, 7) is 6.33. The van der Waals surface area contributed by atoms with Gasteiger partial charge in [-0.3, -0.25) is 9.69 Å². The van der Waals surface area contributed by atoms with Gasteiger partial charge in [-0.1, -0.05) is 0 Å². The standard InChI is InChI=1S/C15H25N5O/c1-10-6-7-11(2)20(10)12(3)14(21)18-13-8-16-15(17-9-13)19(4)5/h8-12H,6-7H2,1-5H3,(H,18,21)/t10-,11+,12-/m1/s1. The maximum atomic E-state index is 12.4. The van der Waals surface area contributed by atoms with E-state index in [1.807, 2.05) is 25.9 Å². The van der Waals surface area contributed by atoms with Crippen molar-refractivity contribution in [1.29, 1.82) is 0 Å². The second kappa shape index (κ2) is 6.39. The summed E-state index contributed by atoms with van der Waals surface area (Å²) in [6.07, 6.45) is 5.59. The highest BCUT2D eigenvalue weighted by Gasteiger charge is 2.34. The number of carbonyl (C=O) groups is 1. The number of rotatable bonds is 4. The maximum Gasteiger partial charge on any atom is 0.241 e. The molecule has 3 atom stereocenters.